The number of benzene rings is 2. The van der Waals surface area contributed by atoms with Crippen molar-refractivity contribution in [1.29, 1.82) is 0 Å². The van der Waals surface area contributed by atoms with Gasteiger partial charge in [0.25, 0.3) is 0 Å². The zero-order valence-electron chi connectivity index (χ0n) is 16.1. The molecule has 10 heteroatoms. The third-order valence-corrected chi connectivity index (χ3v) is 5.82. The highest BCUT2D eigenvalue weighted by Crippen LogP contribution is 2.23. The Hall–Kier alpha value is -2.75. The van der Waals surface area contributed by atoms with E-state index in [1.807, 2.05) is 36.4 Å². The van der Waals surface area contributed by atoms with E-state index < -0.39 is 0 Å². The highest BCUT2D eigenvalue weighted by Gasteiger charge is 2.14. The molecule has 3 aromatic rings. The van der Waals surface area contributed by atoms with Gasteiger partial charge in [-0.25, -0.2) is 4.68 Å². The summed E-state index contributed by atoms with van der Waals surface area (Å²) in [4.78, 5) is 14.6. The molecule has 1 amide bonds. The largest absolute Gasteiger partial charge is 0.378 e. The number of nitrogens with one attached hydrogen (secondary N) is 1. The summed E-state index contributed by atoms with van der Waals surface area (Å²) in [6.07, 6.45) is 0. The molecule has 0 unspecified atom stereocenters. The molecule has 1 saturated heterocycles. The minimum Gasteiger partial charge on any atom is -0.378 e. The normalized spacial score (nSPS) is 14.0. The van der Waals surface area contributed by atoms with Gasteiger partial charge in [0, 0.05) is 35.1 Å². The van der Waals surface area contributed by atoms with Gasteiger partial charge in [-0.3, -0.25) is 4.79 Å². The third kappa shape index (κ3) is 4.86. The molecule has 0 aliphatic carbocycles. The average molecular weight is 445 g/mol. The lowest BCUT2D eigenvalue weighted by molar-refractivity contribution is -0.113. The van der Waals surface area contributed by atoms with E-state index in [1.165, 1.54) is 16.4 Å². The Morgan fingerprint density at radius 3 is 2.50 bits per heavy atom. The third-order valence-electron chi connectivity index (χ3n) is 4.63. The number of halogens is 1. The predicted molar refractivity (Wildman–Crippen MR) is 119 cm³/mol. The number of anilines is 2. The SMILES string of the molecule is Nn1c(SCC(=O)Nc2ccc(N3CCOCC3)cc2)nnc1-c1ccc(Cl)cc1. The molecule has 0 spiro atoms. The van der Waals surface area contributed by atoms with Crippen LogP contribution in [0.25, 0.3) is 11.4 Å². The lowest BCUT2D eigenvalue weighted by atomic mass is 10.2. The number of hydrogen-bond acceptors (Lipinski definition) is 7. The monoisotopic (exact) mass is 444 g/mol. The van der Waals surface area contributed by atoms with Crippen LogP contribution >= 0.6 is 23.4 Å². The molecule has 0 atom stereocenters. The Labute approximate surface area is 183 Å². The molecule has 1 aliphatic heterocycles. The molecular formula is C20H21ClN6O2S. The van der Waals surface area contributed by atoms with Gasteiger partial charge in [-0.15, -0.1) is 10.2 Å². The van der Waals surface area contributed by atoms with Crippen LogP contribution in [-0.2, 0) is 9.53 Å². The highest BCUT2D eigenvalue weighted by atomic mass is 35.5. The molecule has 8 nitrogen and oxygen atoms in total. The van der Waals surface area contributed by atoms with Crippen LogP contribution in [0.1, 0.15) is 0 Å². The van der Waals surface area contributed by atoms with Crippen LogP contribution in [0.4, 0.5) is 11.4 Å². The van der Waals surface area contributed by atoms with Gasteiger partial charge in [-0.05, 0) is 48.5 Å². The maximum absolute atomic E-state index is 12.3. The number of hydrogen-bond donors (Lipinski definition) is 2. The van der Waals surface area contributed by atoms with Gasteiger partial charge in [-0.1, -0.05) is 23.4 Å². The molecule has 3 N–H and O–H groups in total. The lowest BCUT2D eigenvalue weighted by Crippen LogP contribution is -2.36. The first-order chi connectivity index (χ1) is 14.6. The first-order valence-corrected chi connectivity index (χ1v) is 10.8. The number of carbonyl (C=O) groups is 1. The Balaban J connectivity index is 1.32. The number of thioether (sulfide) groups is 1. The van der Waals surface area contributed by atoms with Crippen LogP contribution in [0.3, 0.4) is 0 Å². The summed E-state index contributed by atoms with van der Waals surface area (Å²) in [5, 5.41) is 12.2. The van der Waals surface area contributed by atoms with Gasteiger partial charge in [0.1, 0.15) is 0 Å². The molecule has 0 radical (unpaired) electrons. The van der Waals surface area contributed by atoms with Crippen molar-refractivity contribution in [1.82, 2.24) is 14.9 Å². The second kappa shape index (κ2) is 9.38. The minimum atomic E-state index is -0.143. The van der Waals surface area contributed by atoms with E-state index in [2.05, 4.69) is 20.4 Å². The minimum absolute atomic E-state index is 0.143. The second-order valence-corrected chi connectivity index (χ2v) is 8.05. The molecule has 156 valence electrons. The number of morpholine rings is 1. The summed E-state index contributed by atoms with van der Waals surface area (Å²) >= 11 is 7.14. The fourth-order valence-corrected chi connectivity index (χ4v) is 3.86. The van der Waals surface area contributed by atoms with Crippen molar-refractivity contribution < 1.29 is 9.53 Å². The van der Waals surface area contributed by atoms with Crippen molar-refractivity contribution in [3.63, 3.8) is 0 Å². The molecule has 2 aromatic carbocycles. The zero-order valence-corrected chi connectivity index (χ0v) is 17.7. The van der Waals surface area contributed by atoms with E-state index in [0.29, 0.717) is 16.0 Å². The molecule has 30 heavy (non-hydrogen) atoms. The summed E-state index contributed by atoms with van der Waals surface area (Å²) in [7, 11) is 0. The van der Waals surface area contributed by atoms with Crippen molar-refractivity contribution in [3.8, 4) is 11.4 Å². The number of ether oxygens (including phenoxy) is 1. The number of rotatable bonds is 6. The topological polar surface area (TPSA) is 98.3 Å². The van der Waals surface area contributed by atoms with Gasteiger partial charge in [-0.2, -0.15) is 0 Å². The van der Waals surface area contributed by atoms with E-state index in [4.69, 9.17) is 22.2 Å². The fourth-order valence-electron chi connectivity index (χ4n) is 3.08. The van der Waals surface area contributed by atoms with Crippen molar-refractivity contribution in [2.45, 2.75) is 5.16 Å². The highest BCUT2D eigenvalue weighted by molar-refractivity contribution is 7.99. The van der Waals surface area contributed by atoms with Crippen LogP contribution in [-0.4, -0.2) is 52.8 Å². The number of nitrogens with zero attached hydrogens (tertiary/aromatic N) is 4. The fraction of sp³-hybridized carbons (Fsp3) is 0.250. The lowest BCUT2D eigenvalue weighted by Gasteiger charge is -2.28. The van der Waals surface area contributed by atoms with Crippen molar-refractivity contribution >= 4 is 40.6 Å². The zero-order chi connectivity index (χ0) is 20.9. The first kappa shape index (κ1) is 20.5. The van der Waals surface area contributed by atoms with Gasteiger partial charge in [0.05, 0.1) is 19.0 Å². The Morgan fingerprint density at radius 2 is 1.80 bits per heavy atom. The number of nitrogens with two attached hydrogens (primary N) is 1. The molecule has 2 heterocycles. The second-order valence-electron chi connectivity index (χ2n) is 6.67. The maximum Gasteiger partial charge on any atom is 0.234 e. The van der Waals surface area contributed by atoms with E-state index in [9.17, 15) is 4.79 Å². The van der Waals surface area contributed by atoms with Crippen LogP contribution in [0.2, 0.25) is 5.02 Å². The summed E-state index contributed by atoms with van der Waals surface area (Å²) in [5.74, 6) is 6.62. The molecule has 0 bridgehead atoms. The number of aromatic nitrogens is 3. The Kier molecular flexibility index (Phi) is 6.41. The average Bonchev–Trinajstić information content (AvgIpc) is 3.14. The first-order valence-electron chi connectivity index (χ1n) is 9.42. The number of amides is 1. The van der Waals surface area contributed by atoms with Crippen LogP contribution in [0.5, 0.6) is 0 Å². The van der Waals surface area contributed by atoms with Gasteiger partial charge < -0.3 is 20.8 Å². The summed E-state index contributed by atoms with van der Waals surface area (Å²) in [5.41, 5.74) is 2.66. The summed E-state index contributed by atoms with van der Waals surface area (Å²) in [6, 6.07) is 15.0. The molecular weight excluding hydrogens is 424 g/mol. The predicted octanol–water partition coefficient (Wildman–Crippen LogP) is 2.88. The van der Waals surface area contributed by atoms with E-state index >= 15 is 0 Å². The molecule has 0 saturated carbocycles. The summed E-state index contributed by atoms with van der Waals surface area (Å²) < 4.78 is 6.75. The molecule has 1 aliphatic rings. The number of nitrogen functional groups attached to an aromatic ring is 1. The number of carbonyl (C=O) groups excluding carboxylic acids is 1. The van der Waals surface area contributed by atoms with Crippen LogP contribution in [0, 0.1) is 0 Å². The van der Waals surface area contributed by atoms with E-state index in [1.54, 1.807) is 12.1 Å². The summed E-state index contributed by atoms with van der Waals surface area (Å²) in [6.45, 7) is 3.22. The van der Waals surface area contributed by atoms with Gasteiger partial charge >= 0.3 is 0 Å². The molecule has 1 aromatic heterocycles. The van der Waals surface area contributed by atoms with Gasteiger partial charge in [0.15, 0.2) is 5.82 Å². The van der Waals surface area contributed by atoms with E-state index in [0.717, 1.165) is 43.2 Å². The van der Waals surface area contributed by atoms with Crippen LogP contribution in [0.15, 0.2) is 53.7 Å². The van der Waals surface area contributed by atoms with Crippen LogP contribution < -0.4 is 16.1 Å². The van der Waals surface area contributed by atoms with Gasteiger partial charge in [0.2, 0.25) is 11.1 Å². The molecule has 4 rings (SSSR count). The molecule has 1 fully saturated rings. The van der Waals surface area contributed by atoms with Crippen molar-refractivity contribution in [3.05, 3.63) is 53.6 Å². The van der Waals surface area contributed by atoms with E-state index in [-0.39, 0.29) is 11.7 Å². The van der Waals surface area contributed by atoms with Crippen molar-refractivity contribution in [2.75, 3.05) is 48.1 Å². The Morgan fingerprint density at radius 1 is 1.10 bits per heavy atom. The van der Waals surface area contributed by atoms with Crippen molar-refractivity contribution in [2.24, 2.45) is 0 Å². The Bertz CT molecular complexity index is 1000. The smallest absolute Gasteiger partial charge is 0.234 e. The standard InChI is InChI=1S/C20H21ClN6O2S/c21-15-3-1-14(2-4-15)19-24-25-20(27(19)22)30-13-18(28)23-16-5-7-17(8-6-16)26-9-11-29-12-10-26/h1-8H,9-13,22H2,(H,23,28). The quantitative estimate of drug-likeness (QED) is 0.445. The maximum atomic E-state index is 12.3.